The van der Waals surface area contributed by atoms with Crippen LogP contribution in [0, 0.1) is 0 Å². The Bertz CT molecular complexity index is 66.3. The average molecular weight is 255 g/mol. The molecule has 0 saturated carbocycles. The molecule has 0 aliphatic rings. The number of hydrogen-bond acceptors (Lipinski definition) is 1. The maximum Gasteiger partial charge on any atom is 0.0232 e. The first-order chi connectivity index (χ1) is 4.81. The molecule has 0 heterocycles. The maximum atomic E-state index is 5.48. The summed E-state index contributed by atoms with van der Waals surface area (Å²) >= 11 is 2.43. The van der Waals surface area contributed by atoms with Crippen LogP contribution in [0.1, 0.15) is 39.0 Å². The predicted molar refractivity (Wildman–Crippen MR) is 55.6 cm³/mol. The molecular formula is C8H18IN. The molecule has 2 heteroatoms. The van der Waals surface area contributed by atoms with Gasteiger partial charge < -0.3 is 5.73 Å². The number of unbranched alkanes of at least 4 members (excludes halogenated alkanes) is 3. The highest BCUT2D eigenvalue weighted by Crippen LogP contribution is 2.10. The summed E-state index contributed by atoms with van der Waals surface area (Å²) in [5, 5.41) is 0. The second-order valence-electron chi connectivity index (χ2n) is 2.68. The fraction of sp³-hybridized carbons (Fsp3) is 1.00. The van der Waals surface area contributed by atoms with Crippen molar-refractivity contribution in [3.05, 3.63) is 0 Å². The van der Waals surface area contributed by atoms with Crippen molar-refractivity contribution in [1.29, 1.82) is 0 Å². The first-order valence-electron chi connectivity index (χ1n) is 4.15. The molecular weight excluding hydrogens is 237 g/mol. The van der Waals surface area contributed by atoms with Gasteiger partial charge in [0.1, 0.15) is 0 Å². The molecule has 1 atom stereocenters. The van der Waals surface area contributed by atoms with Gasteiger partial charge in [0.25, 0.3) is 0 Å². The van der Waals surface area contributed by atoms with Crippen molar-refractivity contribution in [3.63, 3.8) is 0 Å². The molecule has 2 N–H and O–H groups in total. The minimum absolute atomic E-state index is 0.703. The number of hydrogen-bond donors (Lipinski definition) is 1. The molecule has 10 heavy (non-hydrogen) atoms. The second-order valence-corrected chi connectivity index (χ2v) is 4.44. The molecule has 0 fully saturated rings. The van der Waals surface area contributed by atoms with E-state index in [1.54, 1.807) is 0 Å². The van der Waals surface area contributed by atoms with Gasteiger partial charge in [0.15, 0.2) is 0 Å². The van der Waals surface area contributed by atoms with Gasteiger partial charge in [0.05, 0.1) is 0 Å². The lowest BCUT2D eigenvalue weighted by Gasteiger charge is -2.04. The second kappa shape index (κ2) is 7.79. The normalized spacial score (nSPS) is 13.5. The Morgan fingerprint density at radius 3 is 2.50 bits per heavy atom. The number of halogens is 1. The summed E-state index contributed by atoms with van der Waals surface area (Å²) in [4.78, 5) is 0. The van der Waals surface area contributed by atoms with Gasteiger partial charge in [-0.25, -0.2) is 0 Å². The van der Waals surface area contributed by atoms with E-state index in [9.17, 15) is 0 Å². The van der Waals surface area contributed by atoms with Crippen molar-refractivity contribution in [2.24, 2.45) is 5.73 Å². The van der Waals surface area contributed by atoms with Crippen LogP contribution in [0.4, 0.5) is 0 Å². The minimum Gasteiger partial charge on any atom is -0.329 e. The zero-order valence-electron chi connectivity index (χ0n) is 6.78. The van der Waals surface area contributed by atoms with Crippen LogP contribution in [-0.2, 0) is 0 Å². The average Bonchev–Trinajstić information content (AvgIpc) is 1.98. The van der Waals surface area contributed by atoms with Gasteiger partial charge in [0, 0.05) is 10.5 Å². The zero-order chi connectivity index (χ0) is 7.82. The molecule has 0 aromatic carbocycles. The molecule has 62 valence electrons. The standard InChI is InChI=1S/C8H18IN/c1-2-3-4-5-6-8(9)7-10/h8H,2-7,10H2,1H3. The molecule has 0 aliphatic carbocycles. The van der Waals surface area contributed by atoms with E-state index in [0.29, 0.717) is 3.92 Å². The number of alkyl halides is 1. The molecule has 0 bridgehead atoms. The van der Waals surface area contributed by atoms with Crippen molar-refractivity contribution >= 4 is 22.6 Å². The first kappa shape index (κ1) is 10.7. The summed E-state index contributed by atoms with van der Waals surface area (Å²) in [6.45, 7) is 3.08. The molecule has 1 unspecified atom stereocenters. The highest BCUT2D eigenvalue weighted by molar-refractivity contribution is 14.1. The van der Waals surface area contributed by atoms with Gasteiger partial charge in [-0.1, -0.05) is 55.2 Å². The Balaban J connectivity index is 2.89. The summed E-state index contributed by atoms with van der Waals surface area (Å²) in [5.41, 5.74) is 5.48. The van der Waals surface area contributed by atoms with Gasteiger partial charge in [0.2, 0.25) is 0 Å². The molecule has 0 saturated heterocycles. The fourth-order valence-electron chi connectivity index (χ4n) is 0.910. The van der Waals surface area contributed by atoms with Crippen LogP contribution in [0.3, 0.4) is 0 Å². The lowest BCUT2D eigenvalue weighted by Crippen LogP contribution is -2.12. The van der Waals surface area contributed by atoms with Gasteiger partial charge in [-0.15, -0.1) is 0 Å². The van der Waals surface area contributed by atoms with Crippen molar-refractivity contribution < 1.29 is 0 Å². The molecule has 0 aliphatic heterocycles. The van der Waals surface area contributed by atoms with Crippen LogP contribution in [0.25, 0.3) is 0 Å². The van der Waals surface area contributed by atoms with Crippen molar-refractivity contribution in [2.45, 2.75) is 43.0 Å². The van der Waals surface area contributed by atoms with E-state index in [1.807, 2.05) is 0 Å². The Morgan fingerprint density at radius 1 is 1.30 bits per heavy atom. The van der Waals surface area contributed by atoms with E-state index in [-0.39, 0.29) is 0 Å². The van der Waals surface area contributed by atoms with E-state index >= 15 is 0 Å². The summed E-state index contributed by atoms with van der Waals surface area (Å²) in [5.74, 6) is 0. The third-order valence-corrected chi connectivity index (χ3v) is 2.76. The summed E-state index contributed by atoms with van der Waals surface area (Å²) in [6.07, 6.45) is 6.76. The molecule has 0 radical (unpaired) electrons. The number of rotatable bonds is 6. The van der Waals surface area contributed by atoms with E-state index in [1.165, 1.54) is 32.1 Å². The van der Waals surface area contributed by atoms with E-state index in [2.05, 4.69) is 29.5 Å². The van der Waals surface area contributed by atoms with Gasteiger partial charge >= 0.3 is 0 Å². The maximum absolute atomic E-state index is 5.48. The molecule has 0 aromatic rings. The third-order valence-electron chi connectivity index (χ3n) is 1.63. The summed E-state index contributed by atoms with van der Waals surface area (Å²) in [6, 6.07) is 0. The Morgan fingerprint density at radius 2 is 2.00 bits per heavy atom. The third kappa shape index (κ3) is 6.81. The quantitative estimate of drug-likeness (QED) is 0.441. The van der Waals surface area contributed by atoms with Gasteiger partial charge in [-0.2, -0.15) is 0 Å². The van der Waals surface area contributed by atoms with Gasteiger partial charge in [-0.3, -0.25) is 0 Å². The van der Waals surface area contributed by atoms with Gasteiger partial charge in [-0.05, 0) is 6.42 Å². The SMILES string of the molecule is CCCCCCC(I)CN. The zero-order valence-corrected chi connectivity index (χ0v) is 8.93. The highest BCUT2D eigenvalue weighted by atomic mass is 127. The Kier molecular flexibility index (Phi) is 8.33. The lowest BCUT2D eigenvalue weighted by molar-refractivity contribution is 0.627. The predicted octanol–water partition coefficient (Wildman–Crippen LogP) is 2.72. The topological polar surface area (TPSA) is 26.0 Å². The van der Waals surface area contributed by atoms with Crippen molar-refractivity contribution in [2.75, 3.05) is 6.54 Å². The molecule has 0 amide bonds. The van der Waals surface area contributed by atoms with Crippen LogP contribution in [0.5, 0.6) is 0 Å². The largest absolute Gasteiger partial charge is 0.329 e. The fourth-order valence-corrected chi connectivity index (χ4v) is 1.35. The van der Waals surface area contributed by atoms with Crippen LogP contribution in [0.2, 0.25) is 0 Å². The van der Waals surface area contributed by atoms with Crippen LogP contribution < -0.4 is 5.73 Å². The molecule has 0 spiro atoms. The van der Waals surface area contributed by atoms with E-state index < -0.39 is 0 Å². The minimum atomic E-state index is 0.703. The first-order valence-corrected chi connectivity index (χ1v) is 5.40. The highest BCUT2D eigenvalue weighted by Gasteiger charge is 1.98. The summed E-state index contributed by atoms with van der Waals surface area (Å²) < 4.78 is 0.703. The monoisotopic (exact) mass is 255 g/mol. The van der Waals surface area contributed by atoms with E-state index in [4.69, 9.17) is 5.73 Å². The van der Waals surface area contributed by atoms with Crippen LogP contribution in [-0.4, -0.2) is 10.5 Å². The van der Waals surface area contributed by atoms with Crippen LogP contribution >= 0.6 is 22.6 Å². The Hall–Kier alpha value is 0.690. The molecule has 0 aromatic heterocycles. The molecule has 1 nitrogen and oxygen atoms in total. The molecule has 0 rings (SSSR count). The smallest absolute Gasteiger partial charge is 0.0232 e. The van der Waals surface area contributed by atoms with Crippen LogP contribution in [0.15, 0.2) is 0 Å². The van der Waals surface area contributed by atoms with Crippen molar-refractivity contribution in [3.8, 4) is 0 Å². The van der Waals surface area contributed by atoms with Crippen molar-refractivity contribution in [1.82, 2.24) is 0 Å². The summed E-state index contributed by atoms with van der Waals surface area (Å²) in [7, 11) is 0. The lowest BCUT2D eigenvalue weighted by atomic mass is 10.1. The Labute approximate surface area is 77.9 Å². The van der Waals surface area contributed by atoms with E-state index in [0.717, 1.165) is 6.54 Å². The number of nitrogens with two attached hydrogens (primary N) is 1.